The molecule has 2 aliphatic carbocycles. The molecule has 0 aromatic heterocycles. The van der Waals surface area contributed by atoms with Crippen LogP contribution in [0.1, 0.15) is 68.1 Å². The van der Waals surface area contributed by atoms with E-state index >= 15 is 0 Å². The van der Waals surface area contributed by atoms with Crippen LogP contribution in [0.2, 0.25) is 0 Å². The molecule has 17 heavy (non-hydrogen) atoms. The van der Waals surface area contributed by atoms with E-state index in [4.69, 9.17) is 0 Å². The van der Waals surface area contributed by atoms with Crippen LogP contribution in [-0.4, -0.2) is 5.11 Å². The SMILES string of the molecule is OC(CC1CCCC1)c1cccc(C2CC2)c1. The van der Waals surface area contributed by atoms with Gasteiger partial charge in [-0.1, -0.05) is 49.9 Å². The van der Waals surface area contributed by atoms with Crippen molar-refractivity contribution in [2.45, 2.75) is 57.0 Å². The Hall–Kier alpha value is -0.820. The minimum atomic E-state index is -0.239. The molecule has 0 radical (unpaired) electrons. The summed E-state index contributed by atoms with van der Waals surface area (Å²) < 4.78 is 0. The van der Waals surface area contributed by atoms with E-state index < -0.39 is 0 Å². The fraction of sp³-hybridized carbons (Fsp3) is 0.625. The summed E-state index contributed by atoms with van der Waals surface area (Å²) in [6.45, 7) is 0. The van der Waals surface area contributed by atoms with Crippen molar-refractivity contribution in [1.82, 2.24) is 0 Å². The Morgan fingerprint density at radius 3 is 2.59 bits per heavy atom. The molecular weight excluding hydrogens is 208 g/mol. The lowest BCUT2D eigenvalue weighted by molar-refractivity contribution is 0.145. The maximum atomic E-state index is 10.3. The summed E-state index contributed by atoms with van der Waals surface area (Å²) >= 11 is 0. The Morgan fingerprint density at radius 1 is 1.12 bits per heavy atom. The van der Waals surface area contributed by atoms with Gasteiger partial charge in [-0.2, -0.15) is 0 Å². The average Bonchev–Trinajstić information content (AvgIpc) is 3.09. The smallest absolute Gasteiger partial charge is 0.0792 e. The molecule has 0 aliphatic heterocycles. The van der Waals surface area contributed by atoms with Crippen LogP contribution < -0.4 is 0 Å². The number of hydrogen-bond donors (Lipinski definition) is 1. The second-order valence-electron chi connectivity index (χ2n) is 5.85. The molecule has 1 atom stereocenters. The summed E-state index contributed by atoms with van der Waals surface area (Å²) in [6, 6.07) is 8.65. The van der Waals surface area contributed by atoms with E-state index in [2.05, 4.69) is 24.3 Å². The molecule has 1 aromatic rings. The lowest BCUT2D eigenvalue weighted by Gasteiger charge is -2.16. The lowest BCUT2D eigenvalue weighted by Crippen LogP contribution is -2.04. The van der Waals surface area contributed by atoms with Gasteiger partial charge in [-0.05, 0) is 42.2 Å². The van der Waals surface area contributed by atoms with Crippen molar-refractivity contribution in [3.8, 4) is 0 Å². The maximum Gasteiger partial charge on any atom is 0.0792 e. The third-order valence-corrected chi connectivity index (χ3v) is 4.38. The van der Waals surface area contributed by atoms with Crippen molar-refractivity contribution in [2.24, 2.45) is 5.92 Å². The predicted molar refractivity (Wildman–Crippen MR) is 70.0 cm³/mol. The predicted octanol–water partition coefficient (Wildman–Crippen LogP) is 4.18. The quantitative estimate of drug-likeness (QED) is 0.822. The molecule has 92 valence electrons. The molecule has 2 saturated carbocycles. The summed E-state index contributed by atoms with van der Waals surface area (Å²) in [7, 11) is 0. The first-order chi connectivity index (χ1) is 8.33. The third-order valence-electron chi connectivity index (χ3n) is 4.38. The monoisotopic (exact) mass is 230 g/mol. The van der Waals surface area contributed by atoms with E-state index in [-0.39, 0.29) is 6.10 Å². The van der Waals surface area contributed by atoms with Crippen LogP contribution in [0.4, 0.5) is 0 Å². The van der Waals surface area contributed by atoms with E-state index in [1.54, 1.807) is 0 Å². The first-order valence-corrected chi connectivity index (χ1v) is 7.11. The van der Waals surface area contributed by atoms with Crippen molar-refractivity contribution >= 4 is 0 Å². The molecule has 1 heteroatoms. The van der Waals surface area contributed by atoms with E-state index in [1.807, 2.05) is 0 Å². The fourth-order valence-corrected chi connectivity index (χ4v) is 3.13. The molecule has 0 heterocycles. The van der Waals surface area contributed by atoms with E-state index in [0.717, 1.165) is 23.8 Å². The van der Waals surface area contributed by atoms with Crippen molar-refractivity contribution in [2.75, 3.05) is 0 Å². The van der Waals surface area contributed by atoms with E-state index in [0.29, 0.717) is 0 Å². The van der Waals surface area contributed by atoms with Gasteiger partial charge in [0.1, 0.15) is 0 Å². The van der Waals surface area contributed by atoms with E-state index in [9.17, 15) is 5.11 Å². The summed E-state index contributed by atoms with van der Waals surface area (Å²) in [5.74, 6) is 1.54. The molecule has 0 spiro atoms. The molecule has 0 saturated heterocycles. The summed E-state index contributed by atoms with van der Waals surface area (Å²) in [6.07, 6.45) is 8.76. The second kappa shape index (κ2) is 4.81. The standard InChI is InChI=1S/C16H22O/c17-16(10-12-4-1-2-5-12)15-7-3-6-14(11-15)13-8-9-13/h3,6-7,11-13,16-17H,1-2,4-5,8-10H2. The summed E-state index contributed by atoms with van der Waals surface area (Å²) in [5.41, 5.74) is 2.58. The Balaban J connectivity index is 1.66. The van der Waals surface area contributed by atoms with Crippen LogP contribution in [0.5, 0.6) is 0 Å². The number of hydrogen-bond acceptors (Lipinski definition) is 1. The Morgan fingerprint density at radius 2 is 1.88 bits per heavy atom. The molecule has 1 nitrogen and oxygen atoms in total. The number of benzene rings is 1. The van der Waals surface area contributed by atoms with Crippen molar-refractivity contribution < 1.29 is 5.11 Å². The second-order valence-corrected chi connectivity index (χ2v) is 5.85. The first kappa shape index (κ1) is 11.3. The molecule has 2 aliphatic rings. The van der Waals surface area contributed by atoms with Crippen LogP contribution in [0.3, 0.4) is 0 Å². The van der Waals surface area contributed by atoms with Crippen molar-refractivity contribution in [3.05, 3.63) is 35.4 Å². The van der Waals surface area contributed by atoms with Crippen molar-refractivity contribution in [1.29, 1.82) is 0 Å². The van der Waals surface area contributed by atoms with Gasteiger partial charge in [0.15, 0.2) is 0 Å². The van der Waals surface area contributed by atoms with Crippen LogP contribution in [0, 0.1) is 5.92 Å². The highest BCUT2D eigenvalue weighted by Gasteiger charge is 2.25. The minimum Gasteiger partial charge on any atom is -0.388 e. The Labute approximate surface area is 104 Å². The molecule has 0 bridgehead atoms. The highest BCUT2D eigenvalue weighted by Crippen LogP contribution is 2.41. The topological polar surface area (TPSA) is 20.2 Å². The molecule has 1 N–H and O–H groups in total. The zero-order valence-corrected chi connectivity index (χ0v) is 10.4. The van der Waals surface area contributed by atoms with Gasteiger partial charge < -0.3 is 5.11 Å². The first-order valence-electron chi connectivity index (χ1n) is 7.11. The fourth-order valence-electron chi connectivity index (χ4n) is 3.13. The molecule has 3 rings (SSSR count). The van der Waals surface area contributed by atoms with Crippen LogP contribution >= 0.6 is 0 Å². The highest BCUT2D eigenvalue weighted by molar-refractivity contribution is 5.30. The minimum absolute atomic E-state index is 0.239. The van der Waals surface area contributed by atoms with Crippen LogP contribution in [0.25, 0.3) is 0 Å². The van der Waals surface area contributed by atoms with Gasteiger partial charge in [-0.25, -0.2) is 0 Å². The van der Waals surface area contributed by atoms with Crippen molar-refractivity contribution in [3.63, 3.8) is 0 Å². The van der Waals surface area contributed by atoms with E-state index in [1.165, 1.54) is 44.1 Å². The zero-order chi connectivity index (χ0) is 11.7. The summed E-state index contributed by atoms with van der Waals surface area (Å²) in [4.78, 5) is 0. The number of aliphatic hydroxyl groups is 1. The maximum absolute atomic E-state index is 10.3. The van der Waals surface area contributed by atoms with Gasteiger partial charge in [0.2, 0.25) is 0 Å². The number of aliphatic hydroxyl groups excluding tert-OH is 1. The molecule has 1 unspecified atom stereocenters. The molecule has 2 fully saturated rings. The molecule has 1 aromatic carbocycles. The van der Waals surface area contributed by atoms with Gasteiger partial charge in [-0.15, -0.1) is 0 Å². The highest BCUT2D eigenvalue weighted by atomic mass is 16.3. The van der Waals surface area contributed by atoms with Gasteiger partial charge in [-0.3, -0.25) is 0 Å². The Bertz CT molecular complexity index is 375. The van der Waals surface area contributed by atoms with Crippen LogP contribution in [0.15, 0.2) is 24.3 Å². The summed E-state index contributed by atoms with van der Waals surface area (Å²) in [5, 5.41) is 10.3. The van der Waals surface area contributed by atoms with Gasteiger partial charge in [0.05, 0.1) is 6.10 Å². The third kappa shape index (κ3) is 2.71. The lowest BCUT2D eigenvalue weighted by atomic mass is 9.94. The zero-order valence-electron chi connectivity index (χ0n) is 10.4. The van der Waals surface area contributed by atoms with Crippen LogP contribution in [-0.2, 0) is 0 Å². The average molecular weight is 230 g/mol. The van der Waals surface area contributed by atoms with Gasteiger partial charge in [0, 0.05) is 0 Å². The number of rotatable bonds is 4. The van der Waals surface area contributed by atoms with Gasteiger partial charge in [0.25, 0.3) is 0 Å². The molecular formula is C16H22O. The Kier molecular flexibility index (Phi) is 3.19. The van der Waals surface area contributed by atoms with Gasteiger partial charge >= 0.3 is 0 Å². The molecule has 0 amide bonds. The normalized spacial score (nSPS) is 22.9. The largest absolute Gasteiger partial charge is 0.388 e.